The summed E-state index contributed by atoms with van der Waals surface area (Å²) in [6, 6.07) is 5.13. The van der Waals surface area contributed by atoms with E-state index in [2.05, 4.69) is 30.1 Å². The Balaban J connectivity index is 2.06. The lowest BCUT2D eigenvalue weighted by molar-refractivity contribution is 0.230. The molecule has 0 amide bonds. The van der Waals surface area contributed by atoms with Crippen LogP contribution in [-0.2, 0) is 0 Å². The Labute approximate surface area is 133 Å². The van der Waals surface area contributed by atoms with E-state index in [1.165, 1.54) is 25.8 Å². The highest BCUT2D eigenvalue weighted by molar-refractivity contribution is 6.31. The van der Waals surface area contributed by atoms with Gasteiger partial charge in [-0.05, 0) is 58.2 Å². The summed E-state index contributed by atoms with van der Waals surface area (Å²) in [6.45, 7) is 8.94. The first kappa shape index (κ1) is 16.4. The number of ether oxygens (including phenoxy) is 1. The molecule has 0 aromatic heterocycles. The van der Waals surface area contributed by atoms with E-state index in [-0.39, 0.29) is 0 Å². The molecule has 0 aliphatic carbocycles. The predicted octanol–water partition coefficient (Wildman–Crippen LogP) is 4.33. The third-order valence-electron chi connectivity index (χ3n) is 4.33. The van der Waals surface area contributed by atoms with Crippen LogP contribution in [0.25, 0.3) is 0 Å². The van der Waals surface area contributed by atoms with Gasteiger partial charge in [-0.25, -0.2) is 0 Å². The molecular weight excluding hydrogens is 284 g/mol. The number of aryl methyl sites for hydroxylation is 1. The van der Waals surface area contributed by atoms with Crippen molar-refractivity contribution in [2.45, 2.75) is 52.1 Å². The summed E-state index contributed by atoms with van der Waals surface area (Å²) in [5, 5.41) is 4.41. The molecule has 0 spiro atoms. The summed E-state index contributed by atoms with van der Waals surface area (Å²) < 4.78 is 5.46. The van der Waals surface area contributed by atoms with Crippen molar-refractivity contribution in [2.24, 2.45) is 0 Å². The fourth-order valence-electron chi connectivity index (χ4n) is 2.94. The minimum atomic E-state index is 0.503. The molecule has 0 saturated carbocycles. The maximum Gasteiger partial charge on any atom is 0.143 e. The molecule has 1 aromatic carbocycles. The number of likely N-dealkylation sites (tertiary alicyclic amines) is 1. The molecule has 1 aromatic rings. The fraction of sp³-hybridized carbons (Fsp3) is 0.647. The highest BCUT2D eigenvalue weighted by Gasteiger charge is 2.19. The summed E-state index contributed by atoms with van der Waals surface area (Å²) >= 11 is 6.17. The normalized spacial score (nSPS) is 20.4. The number of methoxy groups -OCH3 is 1. The van der Waals surface area contributed by atoms with Crippen molar-refractivity contribution in [2.75, 3.05) is 25.5 Å². The number of halogens is 1. The topological polar surface area (TPSA) is 24.5 Å². The fourth-order valence-corrected chi connectivity index (χ4v) is 3.10. The number of benzene rings is 1. The monoisotopic (exact) mass is 310 g/mol. The zero-order chi connectivity index (χ0) is 15.4. The van der Waals surface area contributed by atoms with Crippen LogP contribution in [0.1, 0.15) is 38.7 Å². The van der Waals surface area contributed by atoms with Crippen molar-refractivity contribution >= 4 is 17.3 Å². The van der Waals surface area contributed by atoms with Gasteiger partial charge in [-0.15, -0.1) is 0 Å². The number of hydrogen-bond donors (Lipinski definition) is 1. The molecule has 21 heavy (non-hydrogen) atoms. The van der Waals surface area contributed by atoms with Crippen molar-refractivity contribution in [3.63, 3.8) is 0 Å². The van der Waals surface area contributed by atoms with Gasteiger partial charge in [-0.1, -0.05) is 11.6 Å². The number of rotatable bonds is 4. The molecule has 1 aliphatic heterocycles. The highest BCUT2D eigenvalue weighted by Crippen LogP contribution is 2.32. The second-order valence-corrected chi connectivity index (χ2v) is 6.61. The largest absolute Gasteiger partial charge is 0.495 e. The molecule has 2 rings (SSSR count). The first-order valence-electron chi connectivity index (χ1n) is 7.86. The number of nitrogens with zero attached hydrogens (tertiary/aromatic N) is 1. The average molecular weight is 311 g/mol. The predicted molar refractivity (Wildman–Crippen MR) is 90.7 cm³/mol. The highest BCUT2D eigenvalue weighted by atomic mass is 35.5. The Morgan fingerprint density at radius 3 is 2.71 bits per heavy atom. The van der Waals surface area contributed by atoms with Crippen molar-refractivity contribution in [3.05, 3.63) is 22.7 Å². The standard InChI is InChI=1S/C17H27ClN2O/c1-12(2)20-8-5-6-14(7-9-20)19-16-10-13(3)15(18)11-17(16)21-4/h10-12,14,19H,5-9H2,1-4H3. The minimum Gasteiger partial charge on any atom is -0.495 e. The summed E-state index contributed by atoms with van der Waals surface area (Å²) in [5.41, 5.74) is 2.14. The Bertz CT molecular complexity index is 476. The molecule has 1 heterocycles. The molecule has 1 aliphatic rings. The Hall–Kier alpha value is -0.930. The van der Waals surface area contributed by atoms with E-state index in [1.807, 2.05) is 13.0 Å². The second kappa shape index (κ2) is 7.37. The van der Waals surface area contributed by atoms with Gasteiger partial charge in [-0.3, -0.25) is 0 Å². The maximum absolute atomic E-state index is 6.17. The van der Waals surface area contributed by atoms with E-state index in [4.69, 9.17) is 16.3 Å². The lowest BCUT2D eigenvalue weighted by atomic mass is 10.1. The smallest absolute Gasteiger partial charge is 0.143 e. The first-order chi connectivity index (χ1) is 10.0. The van der Waals surface area contributed by atoms with E-state index in [0.29, 0.717) is 12.1 Å². The minimum absolute atomic E-state index is 0.503. The van der Waals surface area contributed by atoms with Gasteiger partial charge in [0.05, 0.1) is 12.8 Å². The van der Waals surface area contributed by atoms with Gasteiger partial charge >= 0.3 is 0 Å². The van der Waals surface area contributed by atoms with E-state index in [9.17, 15) is 0 Å². The molecule has 0 radical (unpaired) electrons. The van der Waals surface area contributed by atoms with Crippen LogP contribution in [0.3, 0.4) is 0 Å². The van der Waals surface area contributed by atoms with Crippen molar-refractivity contribution in [1.29, 1.82) is 0 Å². The van der Waals surface area contributed by atoms with Crippen LogP contribution in [0, 0.1) is 6.92 Å². The molecule has 118 valence electrons. The Morgan fingerprint density at radius 2 is 2.05 bits per heavy atom. The molecule has 1 saturated heterocycles. The summed E-state index contributed by atoms with van der Waals surface area (Å²) in [4.78, 5) is 2.56. The molecule has 1 N–H and O–H groups in total. The van der Waals surface area contributed by atoms with Crippen LogP contribution in [0.4, 0.5) is 5.69 Å². The second-order valence-electron chi connectivity index (χ2n) is 6.20. The van der Waals surface area contributed by atoms with Crippen LogP contribution < -0.4 is 10.1 Å². The summed E-state index contributed by atoms with van der Waals surface area (Å²) in [6.07, 6.45) is 3.61. The zero-order valence-corrected chi connectivity index (χ0v) is 14.3. The van der Waals surface area contributed by atoms with Crippen LogP contribution in [0.2, 0.25) is 5.02 Å². The molecule has 0 bridgehead atoms. The number of hydrogen-bond acceptors (Lipinski definition) is 3. The van der Waals surface area contributed by atoms with Crippen LogP contribution in [0.5, 0.6) is 5.75 Å². The molecule has 4 heteroatoms. The summed E-state index contributed by atoms with van der Waals surface area (Å²) in [5.74, 6) is 0.829. The van der Waals surface area contributed by atoms with Gasteiger partial charge in [0.15, 0.2) is 0 Å². The van der Waals surface area contributed by atoms with Crippen molar-refractivity contribution < 1.29 is 4.74 Å². The van der Waals surface area contributed by atoms with Crippen LogP contribution >= 0.6 is 11.6 Å². The van der Waals surface area contributed by atoms with Gasteiger partial charge in [-0.2, -0.15) is 0 Å². The summed E-state index contributed by atoms with van der Waals surface area (Å²) in [7, 11) is 1.69. The van der Waals surface area contributed by atoms with Crippen LogP contribution in [-0.4, -0.2) is 37.2 Å². The zero-order valence-electron chi connectivity index (χ0n) is 13.6. The van der Waals surface area contributed by atoms with Gasteiger partial charge < -0.3 is 15.0 Å². The van der Waals surface area contributed by atoms with E-state index < -0.39 is 0 Å². The Kier molecular flexibility index (Phi) is 5.77. The molecular formula is C17H27ClN2O. The molecule has 3 nitrogen and oxygen atoms in total. The average Bonchev–Trinajstić information content (AvgIpc) is 2.68. The number of anilines is 1. The van der Waals surface area contributed by atoms with Crippen LogP contribution in [0.15, 0.2) is 12.1 Å². The Morgan fingerprint density at radius 1 is 1.29 bits per heavy atom. The SMILES string of the molecule is COc1cc(Cl)c(C)cc1NC1CCCN(C(C)C)CC1. The lowest BCUT2D eigenvalue weighted by Gasteiger charge is -2.24. The lowest BCUT2D eigenvalue weighted by Crippen LogP contribution is -2.32. The van der Waals surface area contributed by atoms with Crippen molar-refractivity contribution in [3.8, 4) is 5.75 Å². The molecule has 1 atom stereocenters. The third kappa shape index (κ3) is 4.27. The third-order valence-corrected chi connectivity index (χ3v) is 4.74. The number of nitrogens with one attached hydrogen (secondary N) is 1. The van der Waals surface area contributed by atoms with Gasteiger partial charge in [0.25, 0.3) is 0 Å². The molecule has 1 fully saturated rings. The maximum atomic E-state index is 6.17. The van der Waals surface area contributed by atoms with Crippen molar-refractivity contribution in [1.82, 2.24) is 4.90 Å². The van der Waals surface area contributed by atoms with Gasteiger partial charge in [0.2, 0.25) is 0 Å². The first-order valence-corrected chi connectivity index (χ1v) is 8.23. The quantitative estimate of drug-likeness (QED) is 0.895. The van der Waals surface area contributed by atoms with E-state index >= 15 is 0 Å². The van der Waals surface area contributed by atoms with E-state index in [1.54, 1.807) is 7.11 Å². The van der Waals surface area contributed by atoms with Gasteiger partial charge in [0.1, 0.15) is 5.75 Å². The van der Waals surface area contributed by atoms with Gasteiger partial charge in [0, 0.05) is 29.7 Å². The molecule has 1 unspecified atom stereocenters. The van der Waals surface area contributed by atoms with E-state index in [0.717, 1.165) is 28.6 Å².